The number of aryl methyl sites for hydroxylation is 2. The van der Waals surface area contributed by atoms with Gasteiger partial charge < -0.3 is 9.30 Å². The molecule has 33 heavy (non-hydrogen) atoms. The van der Waals surface area contributed by atoms with Crippen LogP contribution in [0.3, 0.4) is 0 Å². The quantitative estimate of drug-likeness (QED) is 0.235. The molecule has 1 aromatic carbocycles. The number of ether oxygens (including phenoxy) is 1. The minimum absolute atomic E-state index is 0.0461. The Labute approximate surface area is 190 Å². The van der Waals surface area contributed by atoms with E-state index < -0.39 is 15.5 Å². The molecule has 0 aliphatic rings. The lowest BCUT2D eigenvalue weighted by Gasteiger charge is -2.12. The third kappa shape index (κ3) is 7.26. The van der Waals surface area contributed by atoms with Crippen molar-refractivity contribution in [3.8, 4) is 5.75 Å². The Bertz CT molecular complexity index is 1090. The van der Waals surface area contributed by atoms with Gasteiger partial charge in [0.05, 0.1) is 22.5 Å². The van der Waals surface area contributed by atoms with Crippen molar-refractivity contribution in [2.75, 3.05) is 6.61 Å². The van der Waals surface area contributed by atoms with Crippen molar-refractivity contribution in [3.05, 3.63) is 71.0 Å². The molecule has 0 spiro atoms. The number of unbranched alkanes of at least 4 members (excludes halogenated alkanes) is 5. The highest BCUT2D eigenvalue weighted by atomic mass is 16.6. The highest BCUT2D eigenvalue weighted by molar-refractivity contribution is 5.53. The molecule has 2 rings (SSSR count). The van der Waals surface area contributed by atoms with Crippen LogP contribution >= 0.6 is 0 Å². The van der Waals surface area contributed by atoms with Crippen LogP contribution in [0.15, 0.2) is 34.0 Å². The molecule has 180 valence electrons. The zero-order chi connectivity index (χ0) is 24.4. The highest BCUT2D eigenvalue weighted by Gasteiger charge is 2.20. The fraction of sp³-hybridized carbons (Fsp3) is 0.545. The van der Waals surface area contributed by atoms with Gasteiger partial charge in [-0.05, 0) is 32.3 Å². The van der Waals surface area contributed by atoms with Gasteiger partial charge in [0.15, 0.2) is 5.75 Å². The van der Waals surface area contributed by atoms with Crippen LogP contribution in [0.4, 0.5) is 11.4 Å². The summed E-state index contributed by atoms with van der Waals surface area (Å²) in [5.74, 6) is -0.0461. The second-order valence-corrected chi connectivity index (χ2v) is 7.88. The average molecular weight is 463 g/mol. The number of hydrogen-bond donors (Lipinski definition) is 0. The molecule has 1 aromatic heterocycles. The SMILES string of the molecule is CCCCCCCn1c(=O)c(C)cn(CCCCOc2ccc([N+](=O)[O-])cc2[N+](=O)[O-])c1=O. The second kappa shape index (κ2) is 12.5. The van der Waals surface area contributed by atoms with Gasteiger partial charge in [-0.3, -0.25) is 29.6 Å². The van der Waals surface area contributed by atoms with E-state index in [2.05, 4.69) is 6.92 Å². The molecule has 0 atom stereocenters. The molecule has 2 aromatic rings. The first-order chi connectivity index (χ1) is 15.8. The van der Waals surface area contributed by atoms with Gasteiger partial charge in [-0.25, -0.2) is 4.79 Å². The van der Waals surface area contributed by atoms with Crippen LogP contribution in [0.25, 0.3) is 0 Å². The Morgan fingerprint density at radius 2 is 1.64 bits per heavy atom. The van der Waals surface area contributed by atoms with E-state index in [1.54, 1.807) is 13.1 Å². The molecule has 0 aliphatic heterocycles. The topological polar surface area (TPSA) is 140 Å². The van der Waals surface area contributed by atoms with Gasteiger partial charge in [-0.1, -0.05) is 32.6 Å². The first kappa shape index (κ1) is 25.8. The van der Waals surface area contributed by atoms with E-state index in [-0.39, 0.29) is 29.3 Å². The summed E-state index contributed by atoms with van der Waals surface area (Å²) < 4.78 is 8.25. The summed E-state index contributed by atoms with van der Waals surface area (Å²) in [7, 11) is 0. The van der Waals surface area contributed by atoms with Gasteiger partial charge >= 0.3 is 11.4 Å². The maximum Gasteiger partial charge on any atom is 0.330 e. The molecule has 0 fully saturated rings. The van der Waals surface area contributed by atoms with Crippen molar-refractivity contribution in [2.45, 2.75) is 71.9 Å². The Balaban J connectivity index is 1.94. The Morgan fingerprint density at radius 3 is 2.30 bits per heavy atom. The molecular formula is C22H30N4O7. The van der Waals surface area contributed by atoms with Crippen LogP contribution < -0.4 is 16.0 Å². The van der Waals surface area contributed by atoms with Crippen LogP contribution in [0.2, 0.25) is 0 Å². The van der Waals surface area contributed by atoms with E-state index >= 15 is 0 Å². The number of benzene rings is 1. The van der Waals surface area contributed by atoms with Gasteiger partial charge in [0.1, 0.15) is 0 Å². The van der Waals surface area contributed by atoms with Gasteiger partial charge in [-0.2, -0.15) is 0 Å². The minimum Gasteiger partial charge on any atom is -0.487 e. The predicted molar refractivity (Wildman–Crippen MR) is 123 cm³/mol. The lowest BCUT2D eigenvalue weighted by atomic mass is 10.1. The molecule has 0 saturated carbocycles. The molecule has 0 N–H and O–H groups in total. The molecule has 0 bridgehead atoms. The molecular weight excluding hydrogens is 432 g/mol. The number of non-ortho nitro benzene ring substituents is 1. The van der Waals surface area contributed by atoms with Crippen LogP contribution in [0.5, 0.6) is 5.75 Å². The fourth-order valence-electron chi connectivity index (χ4n) is 3.48. The molecule has 11 heteroatoms. The summed E-state index contributed by atoms with van der Waals surface area (Å²) in [6, 6.07) is 3.22. The number of rotatable bonds is 14. The van der Waals surface area contributed by atoms with E-state index in [1.807, 2.05) is 0 Å². The molecule has 0 aliphatic carbocycles. The summed E-state index contributed by atoms with van der Waals surface area (Å²) in [5.41, 5.74) is -0.958. The third-order valence-corrected chi connectivity index (χ3v) is 5.29. The van der Waals surface area contributed by atoms with Crippen molar-refractivity contribution < 1.29 is 14.6 Å². The lowest BCUT2D eigenvalue weighted by molar-refractivity contribution is -0.394. The van der Waals surface area contributed by atoms with Crippen LogP contribution in [-0.4, -0.2) is 25.6 Å². The lowest BCUT2D eigenvalue weighted by Crippen LogP contribution is -2.40. The average Bonchev–Trinajstić information content (AvgIpc) is 2.78. The predicted octanol–water partition coefficient (Wildman–Crippen LogP) is 3.96. The highest BCUT2D eigenvalue weighted by Crippen LogP contribution is 2.31. The summed E-state index contributed by atoms with van der Waals surface area (Å²) in [6.45, 7) is 4.73. The van der Waals surface area contributed by atoms with E-state index in [1.165, 1.54) is 15.2 Å². The largest absolute Gasteiger partial charge is 0.487 e. The minimum atomic E-state index is -0.726. The molecule has 0 radical (unpaired) electrons. The number of hydrogen-bond acceptors (Lipinski definition) is 7. The Kier molecular flexibility index (Phi) is 9.77. The molecule has 0 amide bonds. The zero-order valence-corrected chi connectivity index (χ0v) is 19.0. The zero-order valence-electron chi connectivity index (χ0n) is 19.0. The van der Waals surface area contributed by atoms with Gasteiger partial charge in [0, 0.05) is 30.9 Å². The second-order valence-electron chi connectivity index (χ2n) is 7.88. The van der Waals surface area contributed by atoms with Gasteiger partial charge in [0.25, 0.3) is 11.2 Å². The monoisotopic (exact) mass is 462 g/mol. The summed E-state index contributed by atoms with van der Waals surface area (Å²) in [6.07, 6.45) is 7.69. The van der Waals surface area contributed by atoms with E-state index in [4.69, 9.17) is 4.74 Å². The van der Waals surface area contributed by atoms with Crippen molar-refractivity contribution in [1.82, 2.24) is 9.13 Å². The van der Waals surface area contributed by atoms with Crippen molar-refractivity contribution in [2.24, 2.45) is 0 Å². The normalized spacial score (nSPS) is 10.8. The standard InChI is InChI=1S/C22H30N4O7/c1-3-4-5-6-7-13-24-21(27)17(2)16-23(22(24)28)12-8-9-14-33-20-11-10-18(25(29)30)15-19(20)26(31)32/h10-11,15-16H,3-9,12-14H2,1-2H3. The van der Waals surface area contributed by atoms with E-state index in [9.17, 15) is 29.8 Å². The molecule has 11 nitrogen and oxygen atoms in total. The first-order valence-corrected chi connectivity index (χ1v) is 11.1. The van der Waals surface area contributed by atoms with Crippen LogP contribution in [0.1, 0.15) is 57.4 Å². The number of nitro benzene ring substituents is 2. The third-order valence-electron chi connectivity index (χ3n) is 5.29. The maximum absolute atomic E-state index is 12.7. The van der Waals surface area contributed by atoms with Gasteiger partial charge in [0.2, 0.25) is 0 Å². The number of nitrogens with zero attached hydrogens (tertiary/aromatic N) is 4. The molecule has 0 saturated heterocycles. The van der Waals surface area contributed by atoms with Crippen molar-refractivity contribution >= 4 is 11.4 Å². The van der Waals surface area contributed by atoms with Crippen molar-refractivity contribution in [3.63, 3.8) is 0 Å². The molecule has 1 heterocycles. The van der Waals surface area contributed by atoms with Gasteiger partial charge in [-0.15, -0.1) is 0 Å². The smallest absolute Gasteiger partial charge is 0.330 e. The Hall–Kier alpha value is -3.50. The maximum atomic E-state index is 12.7. The Morgan fingerprint density at radius 1 is 0.939 bits per heavy atom. The fourth-order valence-corrected chi connectivity index (χ4v) is 3.48. The molecule has 0 unspecified atom stereocenters. The summed E-state index contributed by atoms with van der Waals surface area (Å²) in [5, 5.41) is 22.0. The number of nitro groups is 2. The van der Waals surface area contributed by atoms with Crippen LogP contribution in [-0.2, 0) is 13.1 Å². The van der Waals surface area contributed by atoms with E-state index in [0.717, 1.165) is 44.2 Å². The van der Waals surface area contributed by atoms with Crippen molar-refractivity contribution in [1.29, 1.82) is 0 Å². The van der Waals surface area contributed by atoms with E-state index in [0.29, 0.717) is 31.5 Å². The first-order valence-electron chi connectivity index (χ1n) is 11.1. The summed E-state index contributed by atoms with van der Waals surface area (Å²) in [4.78, 5) is 45.6. The van der Waals surface area contributed by atoms with Crippen LogP contribution in [0, 0.1) is 27.2 Å². The summed E-state index contributed by atoms with van der Waals surface area (Å²) >= 11 is 0. The number of aromatic nitrogens is 2.